The van der Waals surface area contributed by atoms with Crippen LogP contribution in [0.1, 0.15) is 16.3 Å². The molecule has 0 fully saturated rings. The van der Waals surface area contributed by atoms with Gasteiger partial charge in [0.25, 0.3) is 0 Å². The minimum Gasteiger partial charge on any atom is -0.463 e. The van der Waals surface area contributed by atoms with Gasteiger partial charge in [-0.05, 0) is 12.1 Å². The van der Waals surface area contributed by atoms with Crippen molar-refractivity contribution in [1.82, 2.24) is 0 Å². The lowest BCUT2D eigenvalue weighted by molar-refractivity contribution is -0.419. The monoisotopic (exact) mass is 255 g/mol. The van der Waals surface area contributed by atoms with Crippen molar-refractivity contribution in [1.29, 1.82) is 0 Å². The molecule has 0 aliphatic rings. The van der Waals surface area contributed by atoms with E-state index in [1.165, 1.54) is 12.1 Å². The maximum Gasteiger partial charge on any atom is 0.409 e. The standard InChI is InChI=1S/C10H9NO7/c1-16-9(12)7(11(14)15)5-6-3-4-8(18-6)10(13)17-2/h3-5H,1-2H3/b7-5+. The summed E-state index contributed by atoms with van der Waals surface area (Å²) in [5.74, 6) is -2.00. The molecule has 1 aromatic rings. The second-order valence-electron chi connectivity index (χ2n) is 2.97. The predicted octanol–water partition coefficient (Wildman–Crippen LogP) is 0.857. The van der Waals surface area contributed by atoms with Crippen molar-refractivity contribution >= 4 is 18.0 Å². The van der Waals surface area contributed by atoms with Crippen LogP contribution in [0.2, 0.25) is 0 Å². The quantitative estimate of drug-likeness (QED) is 0.339. The molecule has 96 valence electrons. The zero-order valence-electron chi connectivity index (χ0n) is 9.54. The fourth-order valence-corrected chi connectivity index (χ4v) is 1.07. The molecular weight excluding hydrogens is 246 g/mol. The number of hydrogen-bond acceptors (Lipinski definition) is 7. The van der Waals surface area contributed by atoms with Gasteiger partial charge in [0.1, 0.15) is 5.76 Å². The van der Waals surface area contributed by atoms with Gasteiger partial charge in [0, 0.05) is 0 Å². The summed E-state index contributed by atoms with van der Waals surface area (Å²) in [6.45, 7) is 0. The van der Waals surface area contributed by atoms with Crippen LogP contribution in [0.5, 0.6) is 0 Å². The van der Waals surface area contributed by atoms with E-state index in [0.717, 1.165) is 20.3 Å². The number of carbonyl (C=O) groups excluding carboxylic acids is 2. The van der Waals surface area contributed by atoms with Gasteiger partial charge in [-0.25, -0.2) is 9.59 Å². The van der Waals surface area contributed by atoms with Gasteiger partial charge in [0.15, 0.2) is 0 Å². The van der Waals surface area contributed by atoms with E-state index >= 15 is 0 Å². The van der Waals surface area contributed by atoms with Crippen LogP contribution in [0.15, 0.2) is 22.2 Å². The molecule has 0 spiro atoms. The van der Waals surface area contributed by atoms with Crippen LogP contribution in [0.25, 0.3) is 6.08 Å². The third kappa shape index (κ3) is 2.94. The van der Waals surface area contributed by atoms with Gasteiger partial charge < -0.3 is 13.9 Å². The van der Waals surface area contributed by atoms with E-state index in [1.54, 1.807) is 0 Å². The summed E-state index contributed by atoms with van der Waals surface area (Å²) in [5, 5.41) is 10.6. The van der Waals surface area contributed by atoms with Gasteiger partial charge in [-0.15, -0.1) is 0 Å². The molecule has 0 unspecified atom stereocenters. The van der Waals surface area contributed by atoms with E-state index in [9.17, 15) is 19.7 Å². The molecule has 0 bridgehead atoms. The molecule has 1 rings (SSSR count). The van der Waals surface area contributed by atoms with Crippen LogP contribution in [0.4, 0.5) is 0 Å². The second-order valence-corrected chi connectivity index (χ2v) is 2.97. The number of rotatable bonds is 4. The van der Waals surface area contributed by atoms with Crippen molar-refractivity contribution in [3.05, 3.63) is 39.5 Å². The average molecular weight is 255 g/mol. The molecule has 18 heavy (non-hydrogen) atoms. The summed E-state index contributed by atoms with van der Waals surface area (Å²) >= 11 is 0. The Morgan fingerprint density at radius 3 is 2.50 bits per heavy atom. The largest absolute Gasteiger partial charge is 0.463 e. The highest BCUT2D eigenvalue weighted by atomic mass is 16.6. The van der Waals surface area contributed by atoms with Gasteiger partial charge in [-0.1, -0.05) is 0 Å². The number of methoxy groups -OCH3 is 2. The van der Waals surface area contributed by atoms with Gasteiger partial charge >= 0.3 is 17.6 Å². The zero-order valence-corrected chi connectivity index (χ0v) is 9.54. The summed E-state index contributed by atoms with van der Waals surface area (Å²) < 4.78 is 13.6. The molecule has 0 aliphatic carbocycles. The Balaban J connectivity index is 3.06. The van der Waals surface area contributed by atoms with Crippen LogP contribution >= 0.6 is 0 Å². The van der Waals surface area contributed by atoms with Gasteiger partial charge in [0.2, 0.25) is 5.76 Å². The topological polar surface area (TPSA) is 109 Å². The van der Waals surface area contributed by atoms with Crippen LogP contribution in [0.3, 0.4) is 0 Å². The predicted molar refractivity (Wildman–Crippen MR) is 57.0 cm³/mol. The molecule has 0 N–H and O–H groups in total. The minimum absolute atomic E-state index is 0.0347. The molecule has 0 aliphatic heterocycles. The fraction of sp³-hybridized carbons (Fsp3) is 0.200. The number of nitro groups is 1. The number of esters is 2. The molecule has 0 aromatic carbocycles. The smallest absolute Gasteiger partial charge is 0.409 e. The lowest BCUT2D eigenvalue weighted by Gasteiger charge is -1.95. The molecule has 1 heterocycles. The Bertz CT molecular complexity index is 514. The van der Waals surface area contributed by atoms with Crippen LogP contribution in [-0.2, 0) is 14.3 Å². The highest BCUT2D eigenvalue weighted by Gasteiger charge is 2.23. The summed E-state index contributed by atoms with van der Waals surface area (Å²) in [6.07, 6.45) is 0.859. The molecule has 0 atom stereocenters. The Morgan fingerprint density at radius 1 is 1.33 bits per heavy atom. The van der Waals surface area contributed by atoms with E-state index in [2.05, 4.69) is 9.47 Å². The first-order chi connectivity index (χ1) is 8.49. The van der Waals surface area contributed by atoms with E-state index in [4.69, 9.17) is 4.42 Å². The van der Waals surface area contributed by atoms with Crippen LogP contribution in [0, 0.1) is 10.1 Å². The first-order valence-electron chi connectivity index (χ1n) is 4.62. The van der Waals surface area contributed by atoms with E-state index in [-0.39, 0.29) is 11.5 Å². The molecule has 1 aromatic heterocycles. The van der Waals surface area contributed by atoms with E-state index in [1.807, 2.05) is 0 Å². The Hall–Kier alpha value is -2.64. The Labute approximate surface area is 101 Å². The SMILES string of the molecule is COC(=O)/C(=C\c1ccc(C(=O)OC)o1)[N+](=O)[O-]. The fourth-order valence-electron chi connectivity index (χ4n) is 1.07. The first kappa shape index (κ1) is 13.4. The van der Waals surface area contributed by atoms with Crippen molar-refractivity contribution in [3.8, 4) is 0 Å². The average Bonchev–Trinajstić information content (AvgIpc) is 2.82. The third-order valence-electron chi connectivity index (χ3n) is 1.88. The number of carbonyl (C=O) groups is 2. The highest BCUT2D eigenvalue weighted by molar-refractivity contribution is 5.91. The summed E-state index contributed by atoms with van der Waals surface area (Å²) in [7, 11) is 2.18. The number of furan rings is 1. The van der Waals surface area contributed by atoms with Crippen LogP contribution in [-0.4, -0.2) is 31.1 Å². The molecule has 8 nitrogen and oxygen atoms in total. The van der Waals surface area contributed by atoms with Gasteiger partial charge in [0.05, 0.1) is 25.2 Å². The summed E-state index contributed by atoms with van der Waals surface area (Å²) in [4.78, 5) is 31.9. The zero-order chi connectivity index (χ0) is 13.7. The first-order valence-corrected chi connectivity index (χ1v) is 4.62. The van der Waals surface area contributed by atoms with Crippen molar-refractivity contribution in [2.45, 2.75) is 0 Å². The van der Waals surface area contributed by atoms with Crippen molar-refractivity contribution in [3.63, 3.8) is 0 Å². The number of ether oxygens (including phenoxy) is 2. The van der Waals surface area contributed by atoms with Gasteiger partial charge in [-0.2, -0.15) is 0 Å². The van der Waals surface area contributed by atoms with E-state index < -0.39 is 22.6 Å². The Morgan fingerprint density at radius 2 is 2.00 bits per heavy atom. The van der Waals surface area contributed by atoms with Crippen molar-refractivity contribution in [2.24, 2.45) is 0 Å². The van der Waals surface area contributed by atoms with Gasteiger partial charge in [-0.3, -0.25) is 10.1 Å². The Kier molecular flexibility index (Phi) is 4.19. The molecule has 0 amide bonds. The molecule has 0 radical (unpaired) electrons. The van der Waals surface area contributed by atoms with E-state index in [0.29, 0.717) is 0 Å². The summed E-state index contributed by atoms with van der Waals surface area (Å²) in [6, 6.07) is 2.56. The highest BCUT2D eigenvalue weighted by Crippen LogP contribution is 2.14. The van der Waals surface area contributed by atoms with Crippen molar-refractivity contribution < 1.29 is 28.4 Å². The molecule has 8 heteroatoms. The lowest BCUT2D eigenvalue weighted by Crippen LogP contribution is -2.12. The van der Waals surface area contributed by atoms with Crippen molar-refractivity contribution in [2.75, 3.05) is 14.2 Å². The number of nitrogens with zero attached hydrogens (tertiary/aromatic N) is 1. The normalized spacial score (nSPS) is 10.9. The summed E-state index contributed by atoms with van der Waals surface area (Å²) in [5.41, 5.74) is -0.803. The maximum atomic E-state index is 11.1. The number of hydrogen-bond donors (Lipinski definition) is 0. The molecular formula is C10H9NO7. The molecule has 0 saturated heterocycles. The lowest BCUT2D eigenvalue weighted by atomic mass is 10.3. The third-order valence-corrected chi connectivity index (χ3v) is 1.88. The second kappa shape index (κ2) is 5.62. The van der Waals surface area contributed by atoms with Crippen LogP contribution < -0.4 is 0 Å². The maximum absolute atomic E-state index is 11.1. The minimum atomic E-state index is -1.11. The molecule has 0 saturated carbocycles.